The van der Waals surface area contributed by atoms with Gasteiger partial charge in [-0.05, 0) is 46.9 Å². The van der Waals surface area contributed by atoms with Crippen LogP contribution in [-0.2, 0) is 0 Å². The van der Waals surface area contributed by atoms with Crippen LogP contribution in [0.4, 0.5) is 5.69 Å². The number of benzene rings is 3. The van der Waals surface area contributed by atoms with E-state index >= 15 is 0 Å². The van der Waals surface area contributed by atoms with Crippen molar-refractivity contribution in [2.75, 3.05) is 12.4 Å². The molecule has 3 aromatic rings. The molecular formula is C26H25N. The largest absolute Gasteiger partial charge is 0.388 e. The van der Waals surface area contributed by atoms with E-state index in [4.69, 9.17) is 0 Å². The molecule has 3 rings (SSSR count). The van der Waals surface area contributed by atoms with E-state index in [-0.39, 0.29) is 0 Å². The van der Waals surface area contributed by atoms with Gasteiger partial charge in [0.05, 0.1) is 0 Å². The molecule has 0 saturated heterocycles. The molecule has 0 bridgehead atoms. The van der Waals surface area contributed by atoms with Crippen molar-refractivity contribution in [3.8, 4) is 11.1 Å². The van der Waals surface area contributed by atoms with Crippen LogP contribution in [0, 0.1) is 0 Å². The van der Waals surface area contributed by atoms with Gasteiger partial charge in [0.2, 0.25) is 0 Å². The maximum absolute atomic E-state index is 4.31. The highest BCUT2D eigenvalue weighted by Gasteiger charge is 2.06. The summed E-state index contributed by atoms with van der Waals surface area (Å²) >= 11 is 0. The van der Waals surface area contributed by atoms with E-state index in [0.29, 0.717) is 0 Å². The molecule has 27 heavy (non-hydrogen) atoms. The first-order chi connectivity index (χ1) is 13.2. The number of nitrogens with one attached hydrogen (secondary N) is 1. The summed E-state index contributed by atoms with van der Waals surface area (Å²) in [5, 5.41) is 3.28. The third-order valence-corrected chi connectivity index (χ3v) is 4.62. The topological polar surface area (TPSA) is 12.0 Å². The SMILES string of the molecule is C=C(/C=C\C(=CC)c1ccccc1)c1cc(-c2ccccc2)ccc1NC. The minimum atomic E-state index is 0.979. The van der Waals surface area contributed by atoms with Gasteiger partial charge in [0, 0.05) is 18.3 Å². The summed E-state index contributed by atoms with van der Waals surface area (Å²) in [6.07, 6.45) is 6.35. The third kappa shape index (κ3) is 4.45. The average molecular weight is 351 g/mol. The molecule has 0 aliphatic heterocycles. The van der Waals surface area contributed by atoms with Gasteiger partial charge in [0.15, 0.2) is 0 Å². The van der Waals surface area contributed by atoms with Crippen molar-refractivity contribution in [3.63, 3.8) is 0 Å². The van der Waals surface area contributed by atoms with E-state index in [0.717, 1.165) is 16.8 Å². The van der Waals surface area contributed by atoms with E-state index in [9.17, 15) is 0 Å². The number of allylic oxidation sites excluding steroid dienone is 5. The molecule has 0 heterocycles. The summed E-state index contributed by atoms with van der Waals surface area (Å²) in [4.78, 5) is 0. The van der Waals surface area contributed by atoms with Crippen LogP contribution in [-0.4, -0.2) is 7.05 Å². The fourth-order valence-corrected chi connectivity index (χ4v) is 3.11. The van der Waals surface area contributed by atoms with Crippen molar-refractivity contribution in [1.29, 1.82) is 0 Å². The van der Waals surface area contributed by atoms with Crippen LogP contribution in [0.25, 0.3) is 22.3 Å². The monoisotopic (exact) mass is 351 g/mol. The first-order valence-corrected chi connectivity index (χ1v) is 9.19. The fraction of sp³-hybridized carbons (Fsp3) is 0.0769. The van der Waals surface area contributed by atoms with Crippen LogP contribution in [0.5, 0.6) is 0 Å². The summed E-state index contributed by atoms with van der Waals surface area (Å²) in [5.74, 6) is 0. The Hall–Kier alpha value is -3.32. The summed E-state index contributed by atoms with van der Waals surface area (Å²) in [6.45, 7) is 6.37. The van der Waals surface area contributed by atoms with Crippen LogP contribution >= 0.6 is 0 Å². The zero-order chi connectivity index (χ0) is 19.1. The van der Waals surface area contributed by atoms with Crippen LogP contribution < -0.4 is 5.32 Å². The lowest BCUT2D eigenvalue weighted by molar-refractivity contribution is 1.48. The number of hydrogen-bond donors (Lipinski definition) is 1. The van der Waals surface area contributed by atoms with E-state index in [1.807, 2.05) is 19.2 Å². The highest BCUT2D eigenvalue weighted by atomic mass is 14.8. The standard InChI is InChI=1S/C26H25N/c1-4-21(22-11-7-5-8-12-22)16-15-20(2)25-19-24(17-18-26(25)27-3)23-13-9-6-10-14-23/h4-19,27H,2H2,1,3H3/b16-15-,21-4?. The number of anilines is 1. The molecule has 0 amide bonds. The fourth-order valence-electron chi connectivity index (χ4n) is 3.11. The Labute approximate surface area is 162 Å². The lowest BCUT2D eigenvalue weighted by Crippen LogP contribution is -1.94. The van der Waals surface area contributed by atoms with Crippen molar-refractivity contribution >= 4 is 16.8 Å². The first-order valence-electron chi connectivity index (χ1n) is 9.19. The molecule has 1 N–H and O–H groups in total. The van der Waals surface area contributed by atoms with Crippen molar-refractivity contribution in [2.45, 2.75) is 6.92 Å². The molecule has 0 aliphatic carbocycles. The maximum atomic E-state index is 4.31. The predicted octanol–water partition coefficient (Wildman–Crippen LogP) is 7.07. The minimum absolute atomic E-state index is 0.979. The molecule has 0 fully saturated rings. The molecule has 1 heteroatoms. The van der Waals surface area contributed by atoms with Crippen LogP contribution in [0.3, 0.4) is 0 Å². The lowest BCUT2D eigenvalue weighted by Gasteiger charge is -2.12. The van der Waals surface area contributed by atoms with Gasteiger partial charge in [0.25, 0.3) is 0 Å². The van der Waals surface area contributed by atoms with Crippen LogP contribution in [0.1, 0.15) is 18.1 Å². The number of rotatable bonds is 6. The van der Waals surface area contributed by atoms with E-state index in [1.165, 1.54) is 22.3 Å². The zero-order valence-electron chi connectivity index (χ0n) is 15.9. The smallest absolute Gasteiger partial charge is 0.0417 e. The van der Waals surface area contributed by atoms with E-state index in [2.05, 4.69) is 104 Å². The molecule has 0 spiro atoms. The molecule has 0 saturated carbocycles. The highest BCUT2D eigenvalue weighted by molar-refractivity contribution is 5.86. The summed E-state index contributed by atoms with van der Waals surface area (Å²) < 4.78 is 0. The number of hydrogen-bond acceptors (Lipinski definition) is 1. The Morgan fingerprint density at radius 1 is 0.815 bits per heavy atom. The molecule has 0 radical (unpaired) electrons. The molecule has 0 aliphatic rings. The zero-order valence-corrected chi connectivity index (χ0v) is 15.9. The quantitative estimate of drug-likeness (QED) is 0.468. The van der Waals surface area contributed by atoms with Crippen LogP contribution in [0.15, 0.2) is 104 Å². The second-order valence-electron chi connectivity index (χ2n) is 6.35. The molecule has 0 atom stereocenters. The highest BCUT2D eigenvalue weighted by Crippen LogP contribution is 2.30. The van der Waals surface area contributed by atoms with Crippen molar-refractivity contribution in [2.24, 2.45) is 0 Å². The predicted molar refractivity (Wildman–Crippen MR) is 120 cm³/mol. The minimum Gasteiger partial charge on any atom is -0.388 e. The molecule has 0 unspecified atom stereocenters. The van der Waals surface area contributed by atoms with Crippen molar-refractivity contribution < 1.29 is 0 Å². The Balaban J connectivity index is 1.91. The van der Waals surface area contributed by atoms with Gasteiger partial charge in [0.1, 0.15) is 0 Å². The summed E-state index contributed by atoms with van der Waals surface area (Å²) in [7, 11) is 1.94. The average Bonchev–Trinajstić information content (AvgIpc) is 2.75. The molecule has 134 valence electrons. The normalized spacial score (nSPS) is 11.6. The van der Waals surface area contributed by atoms with Gasteiger partial charge < -0.3 is 5.32 Å². The van der Waals surface area contributed by atoms with Crippen LogP contribution in [0.2, 0.25) is 0 Å². The first kappa shape index (κ1) is 18.5. The molecular weight excluding hydrogens is 326 g/mol. The van der Waals surface area contributed by atoms with Gasteiger partial charge in [-0.3, -0.25) is 0 Å². The Morgan fingerprint density at radius 3 is 2.11 bits per heavy atom. The van der Waals surface area contributed by atoms with Crippen molar-refractivity contribution in [1.82, 2.24) is 0 Å². The van der Waals surface area contributed by atoms with Gasteiger partial charge in [-0.25, -0.2) is 0 Å². The van der Waals surface area contributed by atoms with Gasteiger partial charge in [-0.1, -0.05) is 91.5 Å². The molecule has 1 nitrogen and oxygen atoms in total. The third-order valence-electron chi connectivity index (χ3n) is 4.62. The summed E-state index contributed by atoms with van der Waals surface area (Å²) in [5.41, 5.74) is 7.94. The Bertz CT molecular complexity index is 964. The second-order valence-corrected chi connectivity index (χ2v) is 6.35. The maximum Gasteiger partial charge on any atom is 0.0417 e. The van der Waals surface area contributed by atoms with E-state index in [1.54, 1.807) is 0 Å². The second kappa shape index (κ2) is 8.86. The van der Waals surface area contributed by atoms with Gasteiger partial charge in [-0.15, -0.1) is 0 Å². The van der Waals surface area contributed by atoms with E-state index < -0.39 is 0 Å². The van der Waals surface area contributed by atoms with Crippen molar-refractivity contribution in [3.05, 3.63) is 115 Å². The lowest BCUT2D eigenvalue weighted by atomic mass is 9.97. The van der Waals surface area contributed by atoms with Gasteiger partial charge >= 0.3 is 0 Å². The Kier molecular flexibility index (Phi) is 6.06. The summed E-state index contributed by atoms with van der Waals surface area (Å²) in [6, 6.07) is 27.3. The molecule has 3 aromatic carbocycles. The van der Waals surface area contributed by atoms with Gasteiger partial charge in [-0.2, -0.15) is 0 Å². The molecule has 0 aromatic heterocycles. The Morgan fingerprint density at radius 2 is 1.48 bits per heavy atom.